The molecule has 0 radical (unpaired) electrons. The van der Waals surface area contributed by atoms with Crippen LogP contribution in [0.1, 0.15) is 34.3 Å². The van der Waals surface area contributed by atoms with Gasteiger partial charge in [0.15, 0.2) is 5.78 Å². The first-order valence-electron chi connectivity index (χ1n) is 10.7. The van der Waals surface area contributed by atoms with Gasteiger partial charge in [-0.25, -0.2) is 0 Å². The van der Waals surface area contributed by atoms with Gasteiger partial charge in [-0.1, -0.05) is 91.0 Å². The summed E-state index contributed by atoms with van der Waals surface area (Å²) in [6.07, 6.45) is 2.33. The normalized spacial score (nSPS) is 10.6. The molecule has 160 valence electrons. The zero-order chi connectivity index (χ0) is 22.2. The van der Waals surface area contributed by atoms with Crippen molar-refractivity contribution in [2.75, 3.05) is 0 Å². The predicted molar refractivity (Wildman–Crippen MR) is 125 cm³/mol. The molecule has 0 aliphatic heterocycles. The number of amides is 1. The van der Waals surface area contributed by atoms with Crippen LogP contribution in [0.25, 0.3) is 11.3 Å². The van der Waals surface area contributed by atoms with Crippen molar-refractivity contribution in [3.05, 3.63) is 114 Å². The minimum Gasteiger partial charge on any atom is -0.352 e. The van der Waals surface area contributed by atoms with E-state index in [2.05, 4.69) is 17.4 Å². The van der Waals surface area contributed by atoms with Gasteiger partial charge in [0.1, 0.15) is 0 Å². The van der Waals surface area contributed by atoms with Gasteiger partial charge in [-0.15, -0.1) is 0 Å². The molecular weight excluding hydrogens is 398 g/mol. The van der Waals surface area contributed by atoms with Crippen LogP contribution in [0, 0.1) is 0 Å². The summed E-state index contributed by atoms with van der Waals surface area (Å²) in [6.45, 7) is 1.01. The Morgan fingerprint density at radius 3 is 2.09 bits per heavy atom. The van der Waals surface area contributed by atoms with Crippen LogP contribution in [-0.2, 0) is 17.9 Å². The van der Waals surface area contributed by atoms with Crippen molar-refractivity contribution in [2.45, 2.75) is 25.9 Å². The fourth-order valence-electron chi connectivity index (χ4n) is 3.56. The van der Waals surface area contributed by atoms with Crippen LogP contribution in [0.4, 0.5) is 0 Å². The topological polar surface area (TPSA) is 64.0 Å². The first kappa shape index (κ1) is 21.2. The van der Waals surface area contributed by atoms with E-state index in [1.807, 2.05) is 77.6 Å². The smallest absolute Gasteiger partial charge is 0.220 e. The van der Waals surface area contributed by atoms with E-state index in [0.717, 1.165) is 22.4 Å². The highest BCUT2D eigenvalue weighted by atomic mass is 16.2. The van der Waals surface area contributed by atoms with Crippen LogP contribution in [0.2, 0.25) is 0 Å². The van der Waals surface area contributed by atoms with Crippen LogP contribution in [-0.4, -0.2) is 21.5 Å². The van der Waals surface area contributed by atoms with Crippen molar-refractivity contribution in [3.8, 4) is 11.3 Å². The number of nitrogens with one attached hydrogen (secondary N) is 1. The highest BCUT2D eigenvalue weighted by Gasteiger charge is 2.14. The van der Waals surface area contributed by atoms with Gasteiger partial charge in [-0.05, 0) is 5.56 Å². The van der Waals surface area contributed by atoms with Crippen molar-refractivity contribution in [3.63, 3.8) is 0 Å². The quantitative estimate of drug-likeness (QED) is 0.390. The number of Topliss-reactive ketones (excluding diaryl/α,β-unsaturated/α-hetero) is 1. The number of nitrogens with zero attached hydrogens (tertiary/aromatic N) is 2. The lowest BCUT2D eigenvalue weighted by atomic mass is 10.1. The maximum Gasteiger partial charge on any atom is 0.220 e. The third-order valence-corrected chi connectivity index (χ3v) is 5.22. The van der Waals surface area contributed by atoms with E-state index in [-0.39, 0.29) is 24.5 Å². The molecule has 0 saturated carbocycles. The van der Waals surface area contributed by atoms with Gasteiger partial charge in [-0.3, -0.25) is 14.3 Å². The van der Waals surface area contributed by atoms with Crippen LogP contribution < -0.4 is 5.32 Å². The zero-order valence-corrected chi connectivity index (χ0v) is 17.8. The Morgan fingerprint density at radius 1 is 0.781 bits per heavy atom. The van der Waals surface area contributed by atoms with E-state index >= 15 is 0 Å². The first-order chi connectivity index (χ1) is 15.7. The van der Waals surface area contributed by atoms with Crippen molar-refractivity contribution < 1.29 is 9.59 Å². The minimum atomic E-state index is -0.149. The molecule has 1 N–H and O–H groups in total. The molecule has 3 aromatic carbocycles. The molecule has 0 fully saturated rings. The number of benzene rings is 3. The lowest BCUT2D eigenvalue weighted by molar-refractivity contribution is -0.121. The molecule has 1 heterocycles. The molecule has 0 aliphatic carbocycles. The fourth-order valence-corrected chi connectivity index (χ4v) is 3.56. The predicted octanol–water partition coefficient (Wildman–Crippen LogP) is 4.88. The standard InChI is InChI=1S/C27H25N3O2/c31-25(22-12-6-2-7-13-22)16-17-26(32)28-18-24-20-30(19-21-10-4-1-5-11-21)29-27(24)23-14-8-3-9-15-23/h1-15,20H,16-19H2,(H,28,32). The van der Waals surface area contributed by atoms with Crippen molar-refractivity contribution in [2.24, 2.45) is 0 Å². The highest BCUT2D eigenvalue weighted by molar-refractivity contribution is 5.97. The number of carbonyl (C=O) groups is 2. The summed E-state index contributed by atoms with van der Waals surface area (Å²) >= 11 is 0. The molecule has 0 unspecified atom stereocenters. The van der Waals surface area contributed by atoms with Gasteiger partial charge >= 0.3 is 0 Å². The van der Waals surface area contributed by atoms with E-state index in [1.54, 1.807) is 12.1 Å². The molecule has 0 atom stereocenters. The summed E-state index contributed by atoms with van der Waals surface area (Å²) in [7, 11) is 0. The summed E-state index contributed by atoms with van der Waals surface area (Å²) in [5.41, 5.74) is 4.58. The minimum absolute atomic E-state index is 0.0265. The van der Waals surface area contributed by atoms with Gasteiger partial charge in [-0.2, -0.15) is 5.10 Å². The van der Waals surface area contributed by atoms with Crippen molar-refractivity contribution in [1.82, 2.24) is 15.1 Å². The average Bonchev–Trinajstić information content (AvgIpc) is 3.25. The molecule has 0 saturated heterocycles. The summed E-state index contributed by atoms with van der Waals surface area (Å²) in [5.74, 6) is -0.175. The SMILES string of the molecule is O=C(CCC(=O)c1ccccc1)NCc1cn(Cc2ccccc2)nc1-c1ccccc1. The Bertz CT molecular complexity index is 1170. The van der Waals surface area contributed by atoms with E-state index in [9.17, 15) is 9.59 Å². The van der Waals surface area contributed by atoms with Gasteiger partial charge in [0.05, 0.1) is 12.2 Å². The van der Waals surface area contributed by atoms with Crippen LogP contribution in [0.5, 0.6) is 0 Å². The van der Waals surface area contributed by atoms with Crippen LogP contribution >= 0.6 is 0 Å². The van der Waals surface area contributed by atoms with E-state index in [4.69, 9.17) is 5.10 Å². The molecular formula is C27H25N3O2. The summed E-state index contributed by atoms with van der Waals surface area (Å²) in [4.78, 5) is 24.7. The van der Waals surface area contributed by atoms with Crippen molar-refractivity contribution in [1.29, 1.82) is 0 Å². The molecule has 5 heteroatoms. The second-order valence-electron chi connectivity index (χ2n) is 7.62. The molecule has 0 aliphatic rings. The summed E-state index contributed by atoms with van der Waals surface area (Å²) in [5, 5.41) is 7.73. The first-order valence-corrected chi connectivity index (χ1v) is 10.7. The number of hydrogen-bond donors (Lipinski definition) is 1. The summed E-state index contributed by atoms with van der Waals surface area (Å²) in [6, 6.07) is 29.1. The molecule has 1 aromatic heterocycles. The van der Waals surface area contributed by atoms with Gasteiger partial charge in [0, 0.05) is 42.3 Å². The molecule has 4 aromatic rings. The van der Waals surface area contributed by atoms with Gasteiger partial charge in [0.2, 0.25) is 5.91 Å². The Balaban J connectivity index is 1.42. The van der Waals surface area contributed by atoms with E-state index < -0.39 is 0 Å². The number of rotatable bonds is 9. The maximum absolute atomic E-state index is 12.4. The number of aromatic nitrogens is 2. The third-order valence-electron chi connectivity index (χ3n) is 5.22. The number of ketones is 1. The number of carbonyl (C=O) groups excluding carboxylic acids is 2. The average molecular weight is 424 g/mol. The molecule has 0 spiro atoms. The monoisotopic (exact) mass is 423 g/mol. The Kier molecular flexibility index (Phi) is 6.88. The molecule has 32 heavy (non-hydrogen) atoms. The molecule has 1 amide bonds. The fraction of sp³-hybridized carbons (Fsp3) is 0.148. The van der Waals surface area contributed by atoms with Gasteiger partial charge < -0.3 is 5.32 Å². The Morgan fingerprint density at radius 2 is 1.41 bits per heavy atom. The van der Waals surface area contributed by atoms with Crippen LogP contribution in [0.15, 0.2) is 97.2 Å². The second kappa shape index (κ2) is 10.4. The molecule has 5 nitrogen and oxygen atoms in total. The second-order valence-corrected chi connectivity index (χ2v) is 7.62. The molecule has 0 bridgehead atoms. The van der Waals surface area contributed by atoms with E-state index in [1.165, 1.54) is 0 Å². The zero-order valence-electron chi connectivity index (χ0n) is 17.8. The Labute approximate surface area is 187 Å². The third kappa shape index (κ3) is 5.58. The largest absolute Gasteiger partial charge is 0.352 e. The molecule has 4 rings (SSSR count). The van der Waals surface area contributed by atoms with E-state index in [0.29, 0.717) is 18.7 Å². The lowest BCUT2D eigenvalue weighted by Gasteiger charge is -2.06. The van der Waals surface area contributed by atoms with Crippen molar-refractivity contribution >= 4 is 11.7 Å². The van der Waals surface area contributed by atoms with Gasteiger partial charge in [0.25, 0.3) is 0 Å². The van der Waals surface area contributed by atoms with Crippen LogP contribution in [0.3, 0.4) is 0 Å². The maximum atomic E-state index is 12.4. The number of hydrogen-bond acceptors (Lipinski definition) is 3. The Hall–Kier alpha value is -3.99. The highest BCUT2D eigenvalue weighted by Crippen LogP contribution is 2.22. The lowest BCUT2D eigenvalue weighted by Crippen LogP contribution is -2.23. The summed E-state index contributed by atoms with van der Waals surface area (Å²) < 4.78 is 1.90.